The summed E-state index contributed by atoms with van der Waals surface area (Å²) in [7, 11) is 0. The number of esters is 1. The first-order chi connectivity index (χ1) is 13.2. The number of ether oxygens (including phenoxy) is 2. The van der Waals surface area contributed by atoms with E-state index in [1.807, 2.05) is 26.0 Å². The van der Waals surface area contributed by atoms with Crippen LogP contribution in [0.1, 0.15) is 27.7 Å². The molecule has 2 aliphatic rings. The molecule has 1 N–H and O–H groups in total. The summed E-state index contributed by atoms with van der Waals surface area (Å²) in [6.45, 7) is 6.99. The molecule has 8 nitrogen and oxygen atoms in total. The molecule has 0 bridgehead atoms. The molecule has 0 saturated carbocycles. The van der Waals surface area contributed by atoms with E-state index in [1.165, 1.54) is 17.2 Å². The number of aliphatic carboxylic acids is 1. The fourth-order valence-corrected chi connectivity index (χ4v) is 2.97. The summed E-state index contributed by atoms with van der Waals surface area (Å²) in [5, 5.41) is 29.5. The predicted octanol–water partition coefficient (Wildman–Crippen LogP) is 2.39. The maximum absolute atomic E-state index is 13.0. The standard InChI is InChI=1S/C20H21N3O5/c1-12(2)10-27-19(26)17-14-7-5-6-8-23(14)15(9-21)16(18(24)25)20(17,11-22)28-13(3)4/h5-8,12-13H,10H2,1-4H3,(H,24,25). The van der Waals surface area contributed by atoms with Gasteiger partial charge in [0.05, 0.1) is 18.4 Å². The smallest absolute Gasteiger partial charge is 0.340 e. The van der Waals surface area contributed by atoms with Crippen molar-refractivity contribution in [2.75, 3.05) is 6.61 Å². The third-order valence-electron chi connectivity index (χ3n) is 3.94. The Hall–Kier alpha value is -3.36. The van der Waals surface area contributed by atoms with Crippen LogP contribution in [0.4, 0.5) is 0 Å². The number of allylic oxidation sites excluding steroid dienone is 4. The lowest BCUT2D eigenvalue weighted by atomic mass is 9.80. The van der Waals surface area contributed by atoms with Gasteiger partial charge >= 0.3 is 11.9 Å². The molecule has 28 heavy (non-hydrogen) atoms. The monoisotopic (exact) mass is 383 g/mol. The highest BCUT2D eigenvalue weighted by Gasteiger charge is 2.55. The Labute approximate surface area is 163 Å². The average Bonchev–Trinajstić information content (AvgIpc) is 2.63. The van der Waals surface area contributed by atoms with Gasteiger partial charge in [0.15, 0.2) is 0 Å². The van der Waals surface area contributed by atoms with Crippen molar-refractivity contribution in [1.29, 1.82) is 10.5 Å². The Morgan fingerprint density at radius 2 is 1.89 bits per heavy atom. The molecule has 0 spiro atoms. The van der Waals surface area contributed by atoms with Crippen LogP contribution in [-0.4, -0.2) is 40.3 Å². The Kier molecular flexibility index (Phi) is 6.07. The molecule has 0 aromatic rings. The van der Waals surface area contributed by atoms with Crippen molar-refractivity contribution in [2.45, 2.75) is 39.4 Å². The minimum Gasteiger partial charge on any atom is -0.478 e. The van der Waals surface area contributed by atoms with E-state index in [0.29, 0.717) is 0 Å². The van der Waals surface area contributed by atoms with Gasteiger partial charge in [0, 0.05) is 6.20 Å². The van der Waals surface area contributed by atoms with Crippen LogP contribution in [-0.2, 0) is 19.1 Å². The van der Waals surface area contributed by atoms with Crippen LogP contribution < -0.4 is 0 Å². The lowest BCUT2D eigenvalue weighted by molar-refractivity contribution is -0.144. The minimum absolute atomic E-state index is 0.0303. The van der Waals surface area contributed by atoms with E-state index in [0.717, 1.165) is 0 Å². The lowest BCUT2D eigenvalue weighted by Gasteiger charge is -2.39. The van der Waals surface area contributed by atoms with Gasteiger partial charge in [0.25, 0.3) is 0 Å². The topological polar surface area (TPSA) is 124 Å². The predicted molar refractivity (Wildman–Crippen MR) is 97.8 cm³/mol. The number of hydrogen-bond acceptors (Lipinski definition) is 7. The van der Waals surface area contributed by atoms with Gasteiger partial charge in [-0.15, -0.1) is 0 Å². The van der Waals surface area contributed by atoms with Gasteiger partial charge in [-0.2, -0.15) is 10.5 Å². The summed E-state index contributed by atoms with van der Waals surface area (Å²) in [6, 6.07) is 3.67. The zero-order chi connectivity index (χ0) is 21.1. The molecule has 0 aliphatic carbocycles. The van der Waals surface area contributed by atoms with Crippen molar-refractivity contribution >= 4 is 11.9 Å². The van der Waals surface area contributed by atoms with Crippen LogP contribution >= 0.6 is 0 Å². The van der Waals surface area contributed by atoms with Crippen molar-refractivity contribution in [3.8, 4) is 12.1 Å². The van der Waals surface area contributed by atoms with E-state index >= 15 is 0 Å². The number of carbonyl (C=O) groups is 2. The average molecular weight is 383 g/mol. The number of nitriles is 2. The van der Waals surface area contributed by atoms with Crippen molar-refractivity contribution in [3.63, 3.8) is 0 Å². The molecule has 0 radical (unpaired) electrons. The fraction of sp³-hybridized carbons (Fsp3) is 0.400. The van der Waals surface area contributed by atoms with Crippen molar-refractivity contribution in [1.82, 2.24) is 4.90 Å². The summed E-state index contributed by atoms with van der Waals surface area (Å²) in [4.78, 5) is 26.3. The molecule has 0 aromatic carbocycles. The molecule has 0 aromatic heterocycles. The van der Waals surface area contributed by atoms with E-state index in [1.54, 1.807) is 26.0 Å². The molecule has 0 fully saturated rings. The van der Waals surface area contributed by atoms with Gasteiger partial charge < -0.3 is 19.5 Å². The second-order valence-corrected chi connectivity index (χ2v) is 6.92. The largest absolute Gasteiger partial charge is 0.478 e. The highest BCUT2D eigenvalue weighted by molar-refractivity contribution is 6.02. The Bertz CT molecular complexity index is 896. The van der Waals surface area contributed by atoms with E-state index in [2.05, 4.69) is 0 Å². The van der Waals surface area contributed by atoms with E-state index in [-0.39, 0.29) is 29.5 Å². The van der Waals surface area contributed by atoms with Crippen LogP contribution in [0.15, 0.2) is 47.0 Å². The van der Waals surface area contributed by atoms with Crippen molar-refractivity contribution in [3.05, 3.63) is 47.0 Å². The number of rotatable bonds is 6. The molecular weight excluding hydrogens is 362 g/mol. The number of carboxylic acids is 1. The summed E-state index contributed by atoms with van der Waals surface area (Å²) in [6.07, 6.45) is 5.54. The second-order valence-electron chi connectivity index (χ2n) is 6.92. The maximum Gasteiger partial charge on any atom is 0.340 e. The zero-order valence-corrected chi connectivity index (χ0v) is 16.1. The Balaban J connectivity index is 2.84. The van der Waals surface area contributed by atoms with Crippen LogP contribution in [0.2, 0.25) is 0 Å². The third-order valence-corrected chi connectivity index (χ3v) is 3.94. The number of hydrogen-bond donors (Lipinski definition) is 1. The molecular formula is C20H21N3O5. The number of carboxylic acid groups (broad SMARTS) is 1. The molecule has 1 atom stereocenters. The molecule has 146 valence electrons. The quantitative estimate of drug-likeness (QED) is 0.693. The van der Waals surface area contributed by atoms with Crippen LogP contribution in [0, 0.1) is 28.6 Å². The highest BCUT2D eigenvalue weighted by Crippen LogP contribution is 2.43. The highest BCUT2D eigenvalue weighted by atomic mass is 16.5. The van der Waals surface area contributed by atoms with Gasteiger partial charge in [-0.25, -0.2) is 9.59 Å². The van der Waals surface area contributed by atoms with E-state index in [9.17, 15) is 25.2 Å². The van der Waals surface area contributed by atoms with Crippen LogP contribution in [0.25, 0.3) is 0 Å². The maximum atomic E-state index is 13.0. The second kappa shape index (κ2) is 8.12. The zero-order valence-electron chi connectivity index (χ0n) is 16.1. The van der Waals surface area contributed by atoms with E-state index < -0.39 is 29.2 Å². The first kappa shape index (κ1) is 20.9. The van der Waals surface area contributed by atoms with Gasteiger partial charge in [-0.05, 0) is 31.9 Å². The minimum atomic E-state index is -2.29. The first-order valence-corrected chi connectivity index (χ1v) is 8.72. The van der Waals surface area contributed by atoms with Crippen LogP contribution in [0.5, 0.6) is 0 Å². The fourth-order valence-electron chi connectivity index (χ4n) is 2.97. The van der Waals surface area contributed by atoms with Gasteiger partial charge in [-0.3, -0.25) is 0 Å². The Morgan fingerprint density at radius 3 is 2.39 bits per heavy atom. The molecule has 8 heteroatoms. The summed E-state index contributed by atoms with van der Waals surface area (Å²) < 4.78 is 11.0. The van der Waals surface area contributed by atoms with Gasteiger partial charge in [0.2, 0.25) is 5.60 Å². The lowest BCUT2D eigenvalue weighted by Crippen LogP contribution is -2.50. The van der Waals surface area contributed by atoms with Crippen molar-refractivity contribution in [2.24, 2.45) is 5.92 Å². The summed E-state index contributed by atoms with van der Waals surface area (Å²) >= 11 is 0. The number of fused-ring (bicyclic) bond motifs is 1. The Morgan fingerprint density at radius 1 is 1.21 bits per heavy atom. The third kappa shape index (κ3) is 3.55. The molecule has 2 aliphatic heterocycles. The number of nitrogens with zero attached hydrogens (tertiary/aromatic N) is 3. The van der Waals surface area contributed by atoms with Gasteiger partial charge in [0.1, 0.15) is 29.0 Å². The molecule has 2 rings (SSSR count). The summed E-state index contributed by atoms with van der Waals surface area (Å²) in [5.74, 6) is -2.37. The molecule has 2 heterocycles. The first-order valence-electron chi connectivity index (χ1n) is 8.72. The molecule has 0 saturated heterocycles. The normalized spacial score (nSPS) is 20.9. The molecule has 0 amide bonds. The number of carbonyl (C=O) groups excluding carboxylic acids is 1. The van der Waals surface area contributed by atoms with Crippen molar-refractivity contribution < 1.29 is 24.2 Å². The molecule has 1 unspecified atom stereocenters. The summed E-state index contributed by atoms with van der Waals surface area (Å²) in [5.41, 5.74) is -3.31. The van der Waals surface area contributed by atoms with Crippen LogP contribution in [0.3, 0.4) is 0 Å². The van der Waals surface area contributed by atoms with Gasteiger partial charge in [-0.1, -0.05) is 19.9 Å². The SMILES string of the molecule is CC(C)COC(=O)C1=C2C=CC=CN2C(C#N)=C(C(=O)O)C1(C#N)OC(C)C. The van der Waals surface area contributed by atoms with E-state index in [4.69, 9.17) is 9.47 Å².